The zero-order valence-corrected chi connectivity index (χ0v) is 24.4. The molecule has 1 aliphatic heterocycles. The van der Waals surface area contributed by atoms with Gasteiger partial charge >= 0.3 is 11.9 Å². The Morgan fingerprint density at radius 2 is 1.81 bits per heavy atom. The summed E-state index contributed by atoms with van der Waals surface area (Å²) >= 11 is 3.45. The van der Waals surface area contributed by atoms with Crippen molar-refractivity contribution in [2.45, 2.75) is 13.8 Å². The Bertz CT molecular complexity index is 1620. The lowest BCUT2D eigenvalue weighted by Crippen LogP contribution is -2.21. The van der Waals surface area contributed by atoms with Gasteiger partial charge in [-0.05, 0) is 96.0 Å². The summed E-state index contributed by atoms with van der Waals surface area (Å²) in [5, 5.41) is 17.4. The van der Waals surface area contributed by atoms with Crippen molar-refractivity contribution in [3.63, 3.8) is 0 Å². The number of carbonyl (C=O) groups excluding carboxylic acids is 3. The molecule has 2 N–H and O–H groups in total. The predicted octanol–water partition coefficient (Wildman–Crippen LogP) is 5.16. The van der Waals surface area contributed by atoms with Gasteiger partial charge in [0.1, 0.15) is 0 Å². The highest BCUT2D eigenvalue weighted by atomic mass is 79.9. The molecule has 0 unspecified atom stereocenters. The molecule has 0 saturated carbocycles. The van der Waals surface area contributed by atoms with E-state index in [4.69, 9.17) is 14.2 Å². The van der Waals surface area contributed by atoms with E-state index >= 15 is 0 Å². The summed E-state index contributed by atoms with van der Waals surface area (Å²) in [4.78, 5) is 48.8. The largest absolute Gasteiger partial charge is 0.493 e. The maximum absolute atomic E-state index is 13.2. The molecule has 4 rings (SSSR count). The second kappa shape index (κ2) is 13.1. The van der Waals surface area contributed by atoms with Crippen molar-refractivity contribution in [1.29, 1.82) is 0 Å². The van der Waals surface area contributed by atoms with Crippen LogP contribution in [0.2, 0.25) is 0 Å². The molecule has 0 bridgehead atoms. The molecule has 12 heteroatoms. The van der Waals surface area contributed by atoms with Crippen molar-refractivity contribution in [1.82, 2.24) is 0 Å². The van der Waals surface area contributed by atoms with Gasteiger partial charge in [0.2, 0.25) is 0 Å². The Morgan fingerprint density at radius 3 is 2.48 bits per heavy atom. The van der Waals surface area contributed by atoms with Gasteiger partial charge in [-0.15, -0.1) is 0 Å². The van der Waals surface area contributed by atoms with Gasteiger partial charge in [-0.2, -0.15) is 10.1 Å². The average molecular weight is 636 g/mol. The van der Waals surface area contributed by atoms with Crippen LogP contribution < -0.4 is 19.8 Å². The fourth-order valence-electron chi connectivity index (χ4n) is 4.00. The molecule has 3 aromatic carbocycles. The SMILES string of the molecule is CCOC(=O)c1ccc(NC(=O)COc2c(Br)cc(/C=C3\C(=O)N(c4cccc(C(=O)O)c4)N=C3C)cc2OC)cc1. The number of nitrogens with zero attached hydrogens (tertiary/aromatic N) is 2. The van der Waals surface area contributed by atoms with E-state index in [-0.39, 0.29) is 24.5 Å². The molecule has 3 aromatic rings. The fourth-order valence-corrected chi connectivity index (χ4v) is 4.57. The van der Waals surface area contributed by atoms with Gasteiger partial charge < -0.3 is 24.6 Å². The van der Waals surface area contributed by atoms with Crippen LogP contribution in [0, 0.1) is 0 Å². The number of benzene rings is 3. The molecule has 0 radical (unpaired) electrons. The number of rotatable bonds is 10. The van der Waals surface area contributed by atoms with Crippen molar-refractivity contribution in [3.8, 4) is 11.5 Å². The number of hydrazone groups is 1. The maximum Gasteiger partial charge on any atom is 0.338 e. The van der Waals surface area contributed by atoms with Crippen LogP contribution in [0.3, 0.4) is 0 Å². The van der Waals surface area contributed by atoms with Crippen LogP contribution in [0.15, 0.2) is 75.8 Å². The molecule has 1 heterocycles. The van der Waals surface area contributed by atoms with Crippen molar-refractivity contribution in [3.05, 3.63) is 87.4 Å². The molecule has 2 amide bonds. The Kier molecular flexibility index (Phi) is 9.38. The highest BCUT2D eigenvalue weighted by Crippen LogP contribution is 2.38. The van der Waals surface area contributed by atoms with Crippen LogP contribution >= 0.6 is 15.9 Å². The number of ether oxygens (including phenoxy) is 3. The molecule has 11 nitrogen and oxygen atoms in total. The number of hydrogen-bond donors (Lipinski definition) is 2. The third-order valence-corrected chi connectivity index (χ3v) is 6.58. The quantitative estimate of drug-likeness (QED) is 0.230. The normalized spacial score (nSPS) is 13.5. The molecule has 0 aromatic heterocycles. The molecule has 0 saturated heterocycles. The van der Waals surface area contributed by atoms with E-state index in [0.29, 0.717) is 44.0 Å². The van der Waals surface area contributed by atoms with Gasteiger partial charge in [-0.3, -0.25) is 9.59 Å². The second-order valence-corrected chi connectivity index (χ2v) is 9.74. The zero-order valence-electron chi connectivity index (χ0n) is 22.8. The van der Waals surface area contributed by atoms with Gasteiger partial charge in [-0.1, -0.05) is 6.07 Å². The van der Waals surface area contributed by atoms with Gasteiger partial charge in [0, 0.05) is 5.69 Å². The zero-order chi connectivity index (χ0) is 30.4. The summed E-state index contributed by atoms with van der Waals surface area (Å²) in [6.45, 7) is 3.33. The number of carboxylic acids is 1. The van der Waals surface area contributed by atoms with Crippen LogP contribution in [0.5, 0.6) is 11.5 Å². The van der Waals surface area contributed by atoms with E-state index < -0.39 is 23.8 Å². The van der Waals surface area contributed by atoms with Crippen molar-refractivity contribution in [2.75, 3.05) is 30.6 Å². The standard InChI is InChI=1S/C30H26BrN3O8/c1-4-41-30(39)19-8-10-21(11-9-19)32-26(35)16-42-27-24(31)13-18(14-25(27)40-3)12-23-17(2)33-34(28(23)36)22-7-5-6-20(15-22)29(37)38/h5-15H,4,16H2,1-3H3,(H,32,35)(H,37,38)/b23-12-. The first-order chi connectivity index (χ1) is 20.1. The van der Waals surface area contributed by atoms with E-state index in [1.54, 1.807) is 68.5 Å². The first-order valence-corrected chi connectivity index (χ1v) is 13.4. The smallest absolute Gasteiger partial charge is 0.338 e. The number of nitrogens with one attached hydrogen (secondary N) is 1. The average Bonchev–Trinajstić information content (AvgIpc) is 3.25. The molecular formula is C30H26BrN3O8. The molecule has 42 heavy (non-hydrogen) atoms. The van der Waals surface area contributed by atoms with Crippen molar-refractivity contribution >= 4 is 62.8 Å². The number of carboxylic acid groups (broad SMARTS) is 1. The number of hydrogen-bond acceptors (Lipinski definition) is 8. The Labute approximate surface area is 249 Å². The molecule has 1 aliphatic rings. The minimum atomic E-state index is -1.11. The van der Waals surface area contributed by atoms with Crippen molar-refractivity contribution < 1.29 is 38.5 Å². The van der Waals surface area contributed by atoms with Crippen LogP contribution in [0.25, 0.3) is 6.08 Å². The van der Waals surface area contributed by atoms with Crippen molar-refractivity contribution in [2.24, 2.45) is 5.10 Å². The molecule has 0 fully saturated rings. The second-order valence-electron chi connectivity index (χ2n) is 8.88. The summed E-state index contributed by atoms with van der Waals surface area (Å²) in [6.07, 6.45) is 1.63. The molecule has 0 aliphatic carbocycles. The Hall–Kier alpha value is -4.97. The van der Waals surface area contributed by atoms with Crippen LogP contribution in [-0.4, -0.2) is 54.9 Å². The summed E-state index contributed by atoms with van der Waals surface area (Å²) in [5.41, 5.74) is 2.57. The van der Waals surface area contributed by atoms with Crippen LogP contribution in [0.4, 0.5) is 11.4 Å². The topological polar surface area (TPSA) is 144 Å². The molecule has 0 atom stereocenters. The lowest BCUT2D eigenvalue weighted by Gasteiger charge is -2.14. The number of aromatic carboxylic acids is 1. The van der Waals surface area contributed by atoms with E-state index in [1.807, 2.05) is 0 Å². The third kappa shape index (κ3) is 6.84. The number of anilines is 2. The lowest BCUT2D eigenvalue weighted by atomic mass is 10.1. The number of amides is 2. The first-order valence-electron chi connectivity index (χ1n) is 12.6. The fraction of sp³-hybridized carbons (Fsp3) is 0.167. The van der Waals surface area contributed by atoms with Gasteiger partial charge in [-0.25, -0.2) is 9.59 Å². The minimum absolute atomic E-state index is 0.0374. The minimum Gasteiger partial charge on any atom is -0.493 e. The van der Waals surface area contributed by atoms with Crippen LogP contribution in [0.1, 0.15) is 40.1 Å². The highest BCUT2D eigenvalue weighted by Gasteiger charge is 2.29. The first kappa shape index (κ1) is 30.0. The molecular weight excluding hydrogens is 610 g/mol. The van der Waals surface area contributed by atoms with E-state index in [0.717, 1.165) is 5.01 Å². The van der Waals surface area contributed by atoms with Gasteiger partial charge in [0.25, 0.3) is 11.8 Å². The van der Waals surface area contributed by atoms with E-state index in [9.17, 15) is 24.3 Å². The maximum atomic E-state index is 13.2. The number of carbonyl (C=O) groups is 4. The van der Waals surface area contributed by atoms with E-state index in [1.165, 1.54) is 19.2 Å². The molecule has 216 valence electrons. The number of methoxy groups -OCH3 is 1. The number of esters is 1. The summed E-state index contributed by atoms with van der Waals surface area (Å²) in [5.74, 6) is -1.82. The summed E-state index contributed by atoms with van der Waals surface area (Å²) in [6, 6.07) is 15.6. The molecule has 0 spiro atoms. The summed E-state index contributed by atoms with van der Waals surface area (Å²) in [7, 11) is 1.45. The Balaban J connectivity index is 1.46. The van der Waals surface area contributed by atoms with Crippen LogP contribution in [-0.2, 0) is 14.3 Å². The monoisotopic (exact) mass is 635 g/mol. The van der Waals surface area contributed by atoms with E-state index in [2.05, 4.69) is 26.3 Å². The lowest BCUT2D eigenvalue weighted by molar-refractivity contribution is -0.118. The van der Waals surface area contributed by atoms with Gasteiger partial charge in [0.15, 0.2) is 18.1 Å². The number of halogens is 1. The summed E-state index contributed by atoms with van der Waals surface area (Å²) < 4.78 is 16.6. The highest BCUT2D eigenvalue weighted by molar-refractivity contribution is 9.10. The third-order valence-electron chi connectivity index (χ3n) is 5.99. The Morgan fingerprint density at radius 1 is 1.07 bits per heavy atom. The predicted molar refractivity (Wildman–Crippen MR) is 159 cm³/mol. The van der Waals surface area contributed by atoms with Gasteiger partial charge in [0.05, 0.1) is 46.3 Å².